The first-order chi connectivity index (χ1) is 17.8. The van der Waals surface area contributed by atoms with Crippen molar-refractivity contribution < 1.29 is 35.9 Å². The number of nitrogens with one attached hydrogen (secondary N) is 1. The van der Waals surface area contributed by atoms with Gasteiger partial charge in [0.1, 0.15) is 5.82 Å². The summed E-state index contributed by atoms with van der Waals surface area (Å²) in [7, 11) is 0. The van der Waals surface area contributed by atoms with Gasteiger partial charge in [0.15, 0.2) is 11.6 Å². The van der Waals surface area contributed by atoms with E-state index in [1.54, 1.807) is 18.2 Å². The molecule has 0 bridgehead atoms. The van der Waals surface area contributed by atoms with Crippen LogP contribution in [-0.2, 0) is 35.3 Å². The molecule has 38 heavy (non-hydrogen) atoms. The van der Waals surface area contributed by atoms with E-state index in [1.165, 1.54) is 17.9 Å². The Morgan fingerprint density at radius 1 is 1.08 bits per heavy atom. The standard InChI is InChI=1S/C25H23F6N5O2/c1-13(37)33-17-4-2-3-14(8-17)23-21-12-35(5-6-36(21)24(34-23)25(29,30)31)22(38)10-16(32)7-15-9-19(27)20(28)11-18(15)26/h2-4,8-9,11,16H,5-7,10,12,32H2,1H3,(H,33,37). The number of hydrogen-bond donors (Lipinski definition) is 2. The number of nitrogens with zero attached hydrogens (tertiary/aromatic N) is 3. The van der Waals surface area contributed by atoms with E-state index in [0.29, 0.717) is 23.4 Å². The van der Waals surface area contributed by atoms with Crippen molar-refractivity contribution in [2.75, 3.05) is 11.9 Å². The van der Waals surface area contributed by atoms with Gasteiger partial charge in [-0.05, 0) is 30.2 Å². The summed E-state index contributed by atoms with van der Waals surface area (Å²) in [6.07, 6.45) is -5.29. The monoisotopic (exact) mass is 539 g/mol. The largest absolute Gasteiger partial charge is 0.449 e. The number of rotatable bonds is 6. The Bertz CT molecular complexity index is 1390. The van der Waals surface area contributed by atoms with E-state index in [-0.39, 0.29) is 55.3 Å². The predicted molar refractivity (Wildman–Crippen MR) is 125 cm³/mol. The first-order valence-electron chi connectivity index (χ1n) is 11.5. The summed E-state index contributed by atoms with van der Waals surface area (Å²) in [5.41, 5.74) is 6.62. The molecule has 2 aromatic carbocycles. The number of carbonyl (C=O) groups is 2. The highest BCUT2D eigenvalue weighted by molar-refractivity contribution is 5.89. The van der Waals surface area contributed by atoms with Gasteiger partial charge in [0.05, 0.1) is 17.9 Å². The van der Waals surface area contributed by atoms with Crippen LogP contribution in [0.2, 0.25) is 0 Å². The van der Waals surface area contributed by atoms with E-state index in [1.807, 2.05) is 0 Å². The average molecular weight is 539 g/mol. The molecule has 1 aliphatic rings. The molecule has 0 saturated carbocycles. The third-order valence-electron chi connectivity index (χ3n) is 6.08. The Morgan fingerprint density at radius 2 is 1.79 bits per heavy atom. The van der Waals surface area contributed by atoms with Crippen molar-refractivity contribution in [1.82, 2.24) is 14.5 Å². The molecule has 1 atom stereocenters. The van der Waals surface area contributed by atoms with Crippen LogP contribution in [0.4, 0.5) is 32.0 Å². The molecule has 7 nitrogen and oxygen atoms in total. The Labute approximate surface area is 213 Å². The zero-order valence-corrected chi connectivity index (χ0v) is 20.1. The maximum absolute atomic E-state index is 14.0. The molecule has 3 N–H and O–H groups in total. The quantitative estimate of drug-likeness (QED) is 0.362. The summed E-state index contributed by atoms with van der Waals surface area (Å²) in [5.74, 6) is -5.57. The fraction of sp³-hybridized carbons (Fsp3) is 0.320. The number of alkyl halides is 3. The van der Waals surface area contributed by atoms with Gasteiger partial charge in [-0.25, -0.2) is 18.2 Å². The second kappa shape index (κ2) is 10.5. The summed E-state index contributed by atoms with van der Waals surface area (Å²) in [5, 5.41) is 2.57. The number of amides is 2. The van der Waals surface area contributed by atoms with Crippen LogP contribution in [0.3, 0.4) is 0 Å². The number of aromatic nitrogens is 2. The van der Waals surface area contributed by atoms with Crippen molar-refractivity contribution >= 4 is 17.5 Å². The summed E-state index contributed by atoms with van der Waals surface area (Å²) in [4.78, 5) is 29.5. The Kier molecular flexibility index (Phi) is 7.49. The van der Waals surface area contributed by atoms with E-state index in [4.69, 9.17) is 5.73 Å². The Morgan fingerprint density at radius 3 is 2.47 bits per heavy atom. The summed E-state index contributed by atoms with van der Waals surface area (Å²) >= 11 is 0. The van der Waals surface area contributed by atoms with Gasteiger partial charge in [0, 0.05) is 49.8 Å². The van der Waals surface area contributed by atoms with Gasteiger partial charge < -0.3 is 20.5 Å². The number of hydrogen-bond acceptors (Lipinski definition) is 4. The van der Waals surface area contributed by atoms with Crippen molar-refractivity contribution in [2.24, 2.45) is 5.73 Å². The normalized spacial score (nSPS) is 14.3. The number of halogens is 6. The van der Waals surface area contributed by atoms with Gasteiger partial charge >= 0.3 is 6.18 Å². The van der Waals surface area contributed by atoms with Crippen LogP contribution in [0, 0.1) is 17.5 Å². The smallest absolute Gasteiger partial charge is 0.335 e. The van der Waals surface area contributed by atoms with Crippen molar-refractivity contribution in [1.29, 1.82) is 0 Å². The number of anilines is 1. The molecule has 0 fully saturated rings. The third-order valence-corrected chi connectivity index (χ3v) is 6.08. The molecule has 3 aromatic rings. The molecular formula is C25H23F6N5O2. The van der Waals surface area contributed by atoms with Crippen LogP contribution in [0.1, 0.15) is 30.4 Å². The maximum Gasteiger partial charge on any atom is 0.449 e. The summed E-state index contributed by atoms with van der Waals surface area (Å²) in [6, 6.07) is 6.28. The third kappa shape index (κ3) is 5.82. The fourth-order valence-electron chi connectivity index (χ4n) is 4.40. The molecule has 13 heteroatoms. The van der Waals surface area contributed by atoms with Gasteiger partial charge in [0.2, 0.25) is 17.6 Å². The molecule has 202 valence electrons. The van der Waals surface area contributed by atoms with E-state index < -0.39 is 41.4 Å². The second-order valence-corrected chi connectivity index (χ2v) is 8.98. The number of carbonyl (C=O) groups excluding carboxylic acids is 2. The highest BCUT2D eigenvalue weighted by atomic mass is 19.4. The molecule has 2 amide bonds. The van der Waals surface area contributed by atoms with Crippen molar-refractivity contribution in [3.63, 3.8) is 0 Å². The highest BCUT2D eigenvalue weighted by Gasteiger charge is 2.41. The molecule has 0 aliphatic carbocycles. The molecule has 2 heterocycles. The molecule has 0 spiro atoms. The molecule has 1 unspecified atom stereocenters. The number of imidazole rings is 1. The van der Waals surface area contributed by atoms with Gasteiger partial charge in [-0.2, -0.15) is 13.2 Å². The van der Waals surface area contributed by atoms with Crippen LogP contribution in [0.15, 0.2) is 36.4 Å². The minimum absolute atomic E-state index is 0.00943. The van der Waals surface area contributed by atoms with Crippen LogP contribution in [0.25, 0.3) is 11.3 Å². The lowest BCUT2D eigenvalue weighted by Gasteiger charge is -2.30. The first-order valence-corrected chi connectivity index (χ1v) is 11.5. The zero-order valence-electron chi connectivity index (χ0n) is 20.1. The van der Waals surface area contributed by atoms with Crippen LogP contribution < -0.4 is 11.1 Å². The lowest BCUT2D eigenvalue weighted by atomic mass is 10.0. The summed E-state index contributed by atoms with van der Waals surface area (Å²) < 4.78 is 82.9. The van der Waals surface area contributed by atoms with Crippen LogP contribution in [-0.4, -0.2) is 38.9 Å². The Hall–Kier alpha value is -3.87. The van der Waals surface area contributed by atoms with Gasteiger partial charge in [0.25, 0.3) is 0 Å². The SMILES string of the molecule is CC(=O)Nc1cccc(-c2nc(C(F)(F)F)n3c2CN(C(=O)CC(N)Cc2cc(F)c(F)cc2F)CC3)c1. The molecule has 0 radical (unpaired) electrons. The van der Waals surface area contributed by atoms with Gasteiger partial charge in [-0.3, -0.25) is 9.59 Å². The first kappa shape index (κ1) is 27.2. The van der Waals surface area contributed by atoms with Gasteiger partial charge in [-0.15, -0.1) is 0 Å². The maximum atomic E-state index is 14.0. The van der Waals surface area contributed by atoms with E-state index in [0.717, 1.165) is 4.57 Å². The molecule has 1 aliphatic heterocycles. The molecule has 0 saturated heterocycles. The average Bonchev–Trinajstić information content (AvgIpc) is 3.22. The highest BCUT2D eigenvalue weighted by Crippen LogP contribution is 2.36. The van der Waals surface area contributed by atoms with Crippen molar-refractivity contribution in [2.45, 2.75) is 45.1 Å². The van der Waals surface area contributed by atoms with Crippen molar-refractivity contribution in [3.05, 3.63) is 70.9 Å². The second-order valence-electron chi connectivity index (χ2n) is 8.98. The van der Waals surface area contributed by atoms with E-state index in [9.17, 15) is 35.9 Å². The molecule has 1 aromatic heterocycles. The van der Waals surface area contributed by atoms with Crippen molar-refractivity contribution in [3.8, 4) is 11.3 Å². The number of benzene rings is 2. The van der Waals surface area contributed by atoms with Crippen LogP contribution in [0.5, 0.6) is 0 Å². The topological polar surface area (TPSA) is 93.2 Å². The predicted octanol–water partition coefficient (Wildman–Crippen LogP) is 4.25. The molecule has 4 rings (SSSR count). The fourth-order valence-corrected chi connectivity index (χ4v) is 4.40. The summed E-state index contributed by atoms with van der Waals surface area (Å²) in [6.45, 7) is 0.861. The minimum Gasteiger partial charge on any atom is -0.335 e. The van der Waals surface area contributed by atoms with Gasteiger partial charge in [-0.1, -0.05) is 12.1 Å². The zero-order chi connectivity index (χ0) is 27.8. The lowest BCUT2D eigenvalue weighted by molar-refractivity contribution is -0.148. The number of nitrogens with two attached hydrogens (primary N) is 1. The molecular weight excluding hydrogens is 516 g/mol. The Balaban J connectivity index is 1.57. The number of fused-ring (bicyclic) bond motifs is 1. The minimum atomic E-state index is -4.74. The van der Waals surface area contributed by atoms with E-state index >= 15 is 0 Å². The lowest BCUT2D eigenvalue weighted by Crippen LogP contribution is -2.42. The van der Waals surface area contributed by atoms with E-state index in [2.05, 4.69) is 10.3 Å². The van der Waals surface area contributed by atoms with Crippen LogP contribution >= 0.6 is 0 Å².